The lowest BCUT2D eigenvalue weighted by molar-refractivity contribution is 0.612. The SMILES string of the molecule is CC(C)n1ccc(-c2ccc(N)cc2)c1N. The van der Waals surface area contributed by atoms with Crippen LogP contribution in [0.5, 0.6) is 0 Å². The third-order valence-electron chi connectivity index (χ3n) is 2.73. The molecule has 0 aliphatic rings. The molecule has 16 heavy (non-hydrogen) atoms. The summed E-state index contributed by atoms with van der Waals surface area (Å²) in [7, 11) is 0. The average Bonchev–Trinajstić information content (AvgIpc) is 2.61. The summed E-state index contributed by atoms with van der Waals surface area (Å²) in [5, 5.41) is 0. The van der Waals surface area contributed by atoms with E-state index < -0.39 is 0 Å². The molecule has 2 aromatic rings. The van der Waals surface area contributed by atoms with Gasteiger partial charge in [0, 0.05) is 23.5 Å². The van der Waals surface area contributed by atoms with Crippen LogP contribution in [0.2, 0.25) is 0 Å². The summed E-state index contributed by atoms with van der Waals surface area (Å²) >= 11 is 0. The summed E-state index contributed by atoms with van der Waals surface area (Å²) in [5.74, 6) is 0.805. The number of aromatic nitrogens is 1. The van der Waals surface area contributed by atoms with Crippen LogP contribution in [0.3, 0.4) is 0 Å². The second-order valence-electron chi connectivity index (χ2n) is 4.24. The van der Waals surface area contributed by atoms with Crippen LogP contribution < -0.4 is 11.5 Å². The van der Waals surface area contributed by atoms with E-state index in [1.165, 1.54) is 0 Å². The summed E-state index contributed by atoms with van der Waals surface area (Å²) in [6, 6.07) is 10.2. The molecule has 0 aliphatic heterocycles. The molecule has 0 unspecified atom stereocenters. The van der Waals surface area contributed by atoms with Crippen molar-refractivity contribution in [3.63, 3.8) is 0 Å². The molecule has 0 saturated carbocycles. The maximum Gasteiger partial charge on any atom is 0.111 e. The van der Waals surface area contributed by atoms with Gasteiger partial charge in [-0.3, -0.25) is 0 Å². The number of benzene rings is 1. The Morgan fingerprint density at radius 2 is 1.62 bits per heavy atom. The van der Waals surface area contributed by atoms with Gasteiger partial charge in [-0.2, -0.15) is 0 Å². The fourth-order valence-electron chi connectivity index (χ4n) is 1.82. The van der Waals surface area contributed by atoms with Crippen LogP contribution in [0.25, 0.3) is 11.1 Å². The van der Waals surface area contributed by atoms with E-state index in [9.17, 15) is 0 Å². The lowest BCUT2D eigenvalue weighted by atomic mass is 10.1. The molecule has 3 nitrogen and oxygen atoms in total. The summed E-state index contributed by atoms with van der Waals surface area (Å²) in [6.45, 7) is 4.23. The van der Waals surface area contributed by atoms with Crippen LogP contribution in [-0.4, -0.2) is 4.57 Å². The Balaban J connectivity index is 2.45. The van der Waals surface area contributed by atoms with Crippen LogP contribution in [-0.2, 0) is 0 Å². The Morgan fingerprint density at radius 1 is 1.00 bits per heavy atom. The van der Waals surface area contributed by atoms with E-state index in [2.05, 4.69) is 18.4 Å². The van der Waals surface area contributed by atoms with Crippen LogP contribution in [0.15, 0.2) is 36.5 Å². The maximum atomic E-state index is 6.11. The number of anilines is 2. The molecule has 1 aromatic heterocycles. The van der Waals surface area contributed by atoms with Gasteiger partial charge in [0.05, 0.1) is 0 Å². The number of hydrogen-bond acceptors (Lipinski definition) is 2. The molecule has 0 saturated heterocycles. The standard InChI is InChI=1S/C13H17N3/c1-9(2)16-8-7-12(13(16)15)10-3-5-11(14)6-4-10/h3-9H,14-15H2,1-2H3. The number of hydrogen-bond donors (Lipinski definition) is 2. The van der Waals surface area contributed by atoms with Crippen molar-refractivity contribution >= 4 is 11.5 Å². The van der Waals surface area contributed by atoms with E-state index in [0.29, 0.717) is 6.04 Å². The maximum absolute atomic E-state index is 6.11. The molecular formula is C13H17N3. The molecule has 0 aliphatic carbocycles. The summed E-state index contributed by atoms with van der Waals surface area (Å²) < 4.78 is 2.06. The minimum absolute atomic E-state index is 0.377. The van der Waals surface area contributed by atoms with E-state index in [-0.39, 0.29) is 0 Å². The fourth-order valence-corrected chi connectivity index (χ4v) is 1.82. The molecule has 3 heteroatoms. The number of nitrogens with zero attached hydrogens (tertiary/aromatic N) is 1. The molecule has 0 spiro atoms. The van der Waals surface area contributed by atoms with Crippen LogP contribution >= 0.6 is 0 Å². The summed E-state index contributed by atoms with van der Waals surface area (Å²) in [4.78, 5) is 0. The van der Waals surface area contributed by atoms with Crippen molar-refractivity contribution in [1.82, 2.24) is 4.57 Å². The van der Waals surface area contributed by atoms with Crippen molar-refractivity contribution in [2.45, 2.75) is 19.9 Å². The van der Waals surface area contributed by atoms with Gasteiger partial charge in [-0.1, -0.05) is 12.1 Å². The van der Waals surface area contributed by atoms with E-state index in [0.717, 1.165) is 22.6 Å². The first-order valence-electron chi connectivity index (χ1n) is 5.42. The first-order valence-corrected chi connectivity index (χ1v) is 5.42. The van der Waals surface area contributed by atoms with Crippen molar-refractivity contribution in [3.8, 4) is 11.1 Å². The smallest absolute Gasteiger partial charge is 0.111 e. The quantitative estimate of drug-likeness (QED) is 0.757. The largest absolute Gasteiger partial charge is 0.399 e. The molecule has 2 rings (SSSR count). The normalized spacial score (nSPS) is 10.9. The number of rotatable bonds is 2. The Kier molecular flexibility index (Phi) is 2.60. The highest BCUT2D eigenvalue weighted by Gasteiger charge is 2.09. The highest BCUT2D eigenvalue weighted by Crippen LogP contribution is 2.29. The molecule has 0 radical (unpaired) electrons. The first-order chi connectivity index (χ1) is 7.59. The van der Waals surface area contributed by atoms with Crippen molar-refractivity contribution in [1.29, 1.82) is 0 Å². The molecule has 1 heterocycles. The molecule has 0 bridgehead atoms. The third kappa shape index (κ3) is 1.76. The van der Waals surface area contributed by atoms with Gasteiger partial charge in [-0.15, -0.1) is 0 Å². The molecule has 84 valence electrons. The topological polar surface area (TPSA) is 57.0 Å². The van der Waals surface area contributed by atoms with Crippen molar-refractivity contribution in [3.05, 3.63) is 36.5 Å². The summed E-state index contributed by atoms with van der Waals surface area (Å²) in [5.41, 5.74) is 14.7. The van der Waals surface area contributed by atoms with Gasteiger partial charge >= 0.3 is 0 Å². The molecule has 0 fully saturated rings. The second kappa shape index (κ2) is 3.93. The molecule has 0 amide bonds. The van der Waals surface area contributed by atoms with E-state index in [1.807, 2.05) is 36.5 Å². The molecule has 4 N–H and O–H groups in total. The van der Waals surface area contributed by atoms with Gasteiger partial charge in [0.25, 0.3) is 0 Å². The number of nitrogen functional groups attached to an aromatic ring is 2. The van der Waals surface area contributed by atoms with Gasteiger partial charge in [-0.25, -0.2) is 0 Å². The lowest BCUT2D eigenvalue weighted by Crippen LogP contribution is -2.04. The zero-order chi connectivity index (χ0) is 11.7. The van der Waals surface area contributed by atoms with Crippen molar-refractivity contribution < 1.29 is 0 Å². The summed E-state index contributed by atoms with van der Waals surface area (Å²) in [6.07, 6.45) is 2.02. The second-order valence-corrected chi connectivity index (χ2v) is 4.24. The predicted octanol–water partition coefficient (Wildman–Crippen LogP) is 2.90. The van der Waals surface area contributed by atoms with Crippen LogP contribution in [0, 0.1) is 0 Å². The number of nitrogens with two attached hydrogens (primary N) is 2. The monoisotopic (exact) mass is 215 g/mol. The Hall–Kier alpha value is -1.90. The van der Waals surface area contributed by atoms with Crippen molar-refractivity contribution in [2.24, 2.45) is 0 Å². The van der Waals surface area contributed by atoms with E-state index in [4.69, 9.17) is 11.5 Å². The molecule has 1 aromatic carbocycles. The van der Waals surface area contributed by atoms with Gasteiger partial charge in [-0.05, 0) is 37.6 Å². The lowest BCUT2D eigenvalue weighted by Gasteiger charge is -2.10. The van der Waals surface area contributed by atoms with E-state index >= 15 is 0 Å². The van der Waals surface area contributed by atoms with Gasteiger partial charge in [0.1, 0.15) is 5.82 Å². The van der Waals surface area contributed by atoms with Crippen LogP contribution in [0.1, 0.15) is 19.9 Å². The highest BCUT2D eigenvalue weighted by atomic mass is 15.1. The Morgan fingerprint density at radius 3 is 2.12 bits per heavy atom. The third-order valence-corrected chi connectivity index (χ3v) is 2.73. The Labute approximate surface area is 95.7 Å². The first kappa shape index (κ1) is 10.6. The van der Waals surface area contributed by atoms with Crippen molar-refractivity contribution in [2.75, 3.05) is 11.5 Å². The minimum Gasteiger partial charge on any atom is -0.399 e. The highest BCUT2D eigenvalue weighted by molar-refractivity contribution is 5.75. The fraction of sp³-hybridized carbons (Fsp3) is 0.231. The molecule has 0 atom stereocenters. The van der Waals surface area contributed by atoms with Crippen LogP contribution in [0.4, 0.5) is 11.5 Å². The van der Waals surface area contributed by atoms with E-state index in [1.54, 1.807) is 0 Å². The van der Waals surface area contributed by atoms with Gasteiger partial charge in [0.2, 0.25) is 0 Å². The minimum atomic E-state index is 0.377. The zero-order valence-electron chi connectivity index (χ0n) is 9.64. The Bertz CT molecular complexity index is 480. The zero-order valence-corrected chi connectivity index (χ0v) is 9.64. The predicted molar refractivity (Wildman–Crippen MR) is 69.1 cm³/mol. The van der Waals surface area contributed by atoms with Gasteiger partial charge in [0.15, 0.2) is 0 Å². The molecular weight excluding hydrogens is 198 g/mol. The average molecular weight is 215 g/mol. The van der Waals surface area contributed by atoms with Gasteiger partial charge < -0.3 is 16.0 Å².